The maximum Gasteiger partial charge on any atom is 0.254 e. The number of fused-ring (bicyclic) bond motifs is 1. The van der Waals surface area contributed by atoms with Gasteiger partial charge in [0.1, 0.15) is 12.2 Å². The summed E-state index contributed by atoms with van der Waals surface area (Å²) in [5.74, 6) is -0.542. The number of nitrogens with one attached hydrogen (secondary N) is 2. The zero-order valence-corrected chi connectivity index (χ0v) is 21.6. The molecular weight excluding hydrogens is 481 g/mol. The van der Waals surface area contributed by atoms with E-state index in [0.29, 0.717) is 30.0 Å². The molecule has 3 aromatic rings. The highest BCUT2D eigenvalue weighted by molar-refractivity contribution is 6.01. The number of halogens is 1. The van der Waals surface area contributed by atoms with Crippen LogP contribution in [0.1, 0.15) is 71.3 Å². The lowest BCUT2D eigenvalue weighted by atomic mass is 9.95. The van der Waals surface area contributed by atoms with Crippen LogP contribution in [0.25, 0.3) is 0 Å². The first-order valence-electron chi connectivity index (χ1n) is 13.1. The Bertz CT molecular complexity index is 1340. The Hall–Kier alpha value is -4.00. The molecule has 5 rings (SSSR count). The second kappa shape index (κ2) is 10.8. The van der Waals surface area contributed by atoms with E-state index in [-0.39, 0.29) is 18.9 Å². The van der Waals surface area contributed by atoms with Gasteiger partial charge in [-0.2, -0.15) is 0 Å². The van der Waals surface area contributed by atoms with E-state index >= 15 is 0 Å². The van der Waals surface area contributed by atoms with Gasteiger partial charge in [-0.05, 0) is 46.7 Å². The summed E-state index contributed by atoms with van der Waals surface area (Å²) in [5.41, 5.74) is 4.87. The van der Waals surface area contributed by atoms with Crippen molar-refractivity contribution in [2.45, 2.75) is 57.3 Å². The topological polar surface area (TPSA) is 78.5 Å². The quantitative estimate of drug-likeness (QED) is 0.478. The van der Waals surface area contributed by atoms with Crippen LogP contribution in [-0.2, 0) is 16.0 Å². The summed E-state index contributed by atoms with van der Waals surface area (Å²) in [6.45, 7) is 4.10. The zero-order valence-electron chi connectivity index (χ0n) is 21.6. The molecule has 3 unspecified atom stereocenters. The highest BCUT2D eigenvalue weighted by Gasteiger charge is 2.41. The van der Waals surface area contributed by atoms with Gasteiger partial charge >= 0.3 is 0 Å². The third kappa shape index (κ3) is 5.32. The minimum absolute atomic E-state index is 0.0625. The van der Waals surface area contributed by atoms with Crippen LogP contribution >= 0.6 is 0 Å². The van der Waals surface area contributed by atoms with Gasteiger partial charge in [-0.25, -0.2) is 4.39 Å². The molecule has 3 atom stereocenters. The van der Waals surface area contributed by atoms with Gasteiger partial charge in [0.15, 0.2) is 0 Å². The molecule has 0 saturated carbocycles. The number of amides is 3. The average Bonchev–Trinajstić information content (AvgIpc) is 3.33. The minimum atomic E-state index is -1.30. The molecule has 0 aromatic heterocycles. The van der Waals surface area contributed by atoms with Crippen LogP contribution in [-0.4, -0.2) is 41.4 Å². The van der Waals surface area contributed by atoms with Crippen LogP contribution in [0, 0.1) is 0 Å². The third-order valence-electron chi connectivity index (χ3n) is 7.42. The van der Waals surface area contributed by atoms with Crippen LogP contribution in [0.3, 0.4) is 0 Å². The number of carbonyl (C=O) groups excluding carboxylic acids is 3. The van der Waals surface area contributed by atoms with Crippen molar-refractivity contribution in [1.29, 1.82) is 0 Å². The molecule has 1 fully saturated rings. The highest BCUT2D eigenvalue weighted by Crippen LogP contribution is 2.29. The predicted octanol–water partition coefficient (Wildman–Crippen LogP) is 5.15. The standard InChI is InChI=1S/C31H32FN3O3/c1-19(2)20-8-11-23(12-9-20)29(22-6-4-3-5-7-22)34-30(37)27-17-25(32)18-35(27)31(38)24-13-10-21-14-15-28(36)33-26(21)16-24/h3-13,16,19,25,27,29H,14-15,17-18H2,1-2H3,(H,33,36)(H,34,37). The monoisotopic (exact) mass is 513 g/mol. The lowest BCUT2D eigenvalue weighted by molar-refractivity contribution is -0.125. The van der Waals surface area contributed by atoms with E-state index in [4.69, 9.17) is 0 Å². The summed E-state index contributed by atoms with van der Waals surface area (Å²) in [4.78, 5) is 40.2. The van der Waals surface area contributed by atoms with Crippen molar-refractivity contribution in [3.05, 3.63) is 101 Å². The normalized spacial score (nSPS) is 19.6. The zero-order chi connectivity index (χ0) is 26.8. The highest BCUT2D eigenvalue weighted by atomic mass is 19.1. The maximum atomic E-state index is 14.7. The van der Waals surface area contributed by atoms with Crippen molar-refractivity contribution in [3.8, 4) is 0 Å². The van der Waals surface area contributed by atoms with Crippen molar-refractivity contribution >= 4 is 23.4 Å². The Morgan fingerprint density at radius 2 is 1.63 bits per heavy atom. The van der Waals surface area contributed by atoms with Gasteiger partial charge in [-0.1, -0.05) is 74.5 Å². The SMILES string of the molecule is CC(C)c1ccc(C(NC(=O)C2CC(F)CN2C(=O)c2ccc3c(c2)NC(=O)CC3)c2ccccc2)cc1. The van der Waals surface area contributed by atoms with Crippen LogP contribution < -0.4 is 10.6 Å². The van der Waals surface area contributed by atoms with E-state index in [2.05, 4.69) is 36.6 Å². The van der Waals surface area contributed by atoms with Crippen molar-refractivity contribution < 1.29 is 18.8 Å². The number of likely N-dealkylation sites (tertiary alicyclic amines) is 1. The van der Waals surface area contributed by atoms with Gasteiger partial charge in [0.2, 0.25) is 11.8 Å². The summed E-state index contributed by atoms with van der Waals surface area (Å²) in [6.07, 6.45) is -0.350. The molecule has 7 heteroatoms. The maximum absolute atomic E-state index is 14.7. The number of hydrogen-bond donors (Lipinski definition) is 2. The minimum Gasteiger partial charge on any atom is -0.343 e. The predicted molar refractivity (Wildman–Crippen MR) is 145 cm³/mol. The van der Waals surface area contributed by atoms with Crippen molar-refractivity contribution in [3.63, 3.8) is 0 Å². The molecule has 2 N–H and O–H groups in total. The van der Waals surface area contributed by atoms with Gasteiger partial charge in [0.05, 0.1) is 12.6 Å². The Labute approximate surface area is 222 Å². The molecule has 2 aliphatic rings. The van der Waals surface area contributed by atoms with E-state index in [0.717, 1.165) is 16.7 Å². The largest absolute Gasteiger partial charge is 0.343 e. The average molecular weight is 514 g/mol. The lowest BCUT2D eigenvalue weighted by Crippen LogP contribution is -2.47. The number of hydrogen-bond acceptors (Lipinski definition) is 3. The molecule has 6 nitrogen and oxygen atoms in total. The number of rotatable bonds is 6. The van der Waals surface area contributed by atoms with Crippen LogP contribution in [0.15, 0.2) is 72.8 Å². The molecule has 0 radical (unpaired) electrons. The number of aryl methyl sites for hydroxylation is 1. The van der Waals surface area contributed by atoms with Gasteiger partial charge in [0.25, 0.3) is 5.91 Å². The van der Waals surface area contributed by atoms with Crippen LogP contribution in [0.4, 0.5) is 10.1 Å². The van der Waals surface area contributed by atoms with E-state index in [1.807, 2.05) is 48.5 Å². The summed E-state index contributed by atoms with van der Waals surface area (Å²) >= 11 is 0. The fourth-order valence-electron chi connectivity index (χ4n) is 5.24. The summed E-state index contributed by atoms with van der Waals surface area (Å²) in [6, 6.07) is 21.5. The van der Waals surface area contributed by atoms with E-state index in [1.54, 1.807) is 12.1 Å². The first-order chi connectivity index (χ1) is 18.3. The molecule has 0 aliphatic carbocycles. The van der Waals surface area contributed by atoms with Crippen LogP contribution in [0.2, 0.25) is 0 Å². The molecule has 3 amide bonds. The number of carbonyl (C=O) groups is 3. The van der Waals surface area contributed by atoms with Crippen LogP contribution in [0.5, 0.6) is 0 Å². The van der Waals surface area contributed by atoms with E-state index < -0.39 is 30.1 Å². The van der Waals surface area contributed by atoms with E-state index in [9.17, 15) is 18.8 Å². The first-order valence-corrected chi connectivity index (χ1v) is 13.1. The Morgan fingerprint density at radius 1 is 0.947 bits per heavy atom. The molecule has 3 aromatic carbocycles. The molecule has 2 aliphatic heterocycles. The first kappa shape index (κ1) is 25.6. The summed E-state index contributed by atoms with van der Waals surface area (Å²) in [5, 5.41) is 5.90. The number of anilines is 1. The molecule has 196 valence electrons. The second-order valence-corrected chi connectivity index (χ2v) is 10.4. The summed E-state index contributed by atoms with van der Waals surface area (Å²) in [7, 11) is 0. The molecule has 2 heterocycles. The van der Waals surface area contributed by atoms with Gasteiger partial charge in [0, 0.05) is 24.1 Å². The van der Waals surface area contributed by atoms with Crippen molar-refractivity contribution in [1.82, 2.24) is 10.2 Å². The number of nitrogens with zero attached hydrogens (tertiary/aromatic N) is 1. The fourth-order valence-corrected chi connectivity index (χ4v) is 5.24. The fraction of sp³-hybridized carbons (Fsp3) is 0.323. The summed E-state index contributed by atoms with van der Waals surface area (Å²) < 4.78 is 14.7. The number of alkyl halides is 1. The molecule has 0 spiro atoms. The van der Waals surface area contributed by atoms with E-state index in [1.165, 1.54) is 10.5 Å². The Balaban J connectivity index is 1.39. The molecular formula is C31H32FN3O3. The third-order valence-corrected chi connectivity index (χ3v) is 7.42. The van der Waals surface area contributed by atoms with Gasteiger partial charge < -0.3 is 15.5 Å². The van der Waals surface area contributed by atoms with Crippen molar-refractivity contribution in [2.24, 2.45) is 0 Å². The lowest BCUT2D eigenvalue weighted by Gasteiger charge is -2.27. The Kier molecular flexibility index (Phi) is 7.27. The second-order valence-electron chi connectivity index (χ2n) is 10.4. The smallest absolute Gasteiger partial charge is 0.254 e. The van der Waals surface area contributed by atoms with Gasteiger partial charge in [-0.3, -0.25) is 14.4 Å². The number of benzene rings is 3. The molecule has 0 bridgehead atoms. The molecule has 38 heavy (non-hydrogen) atoms. The molecule has 1 saturated heterocycles. The van der Waals surface area contributed by atoms with Crippen molar-refractivity contribution in [2.75, 3.05) is 11.9 Å². The van der Waals surface area contributed by atoms with Gasteiger partial charge in [-0.15, -0.1) is 0 Å². The Morgan fingerprint density at radius 3 is 2.34 bits per heavy atom.